The third kappa shape index (κ3) is 3.70. The van der Waals surface area contributed by atoms with Crippen LogP contribution in [-0.2, 0) is 13.0 Å². The fourth-order valence-corrected chi connectivity index (χ4v) is 2.76. The third-order valence-electron chi connectivity index (χ3n) is 3.42. The SMILES string of the molecule is CCNC(Cc1cc(C)nn1CC)c1ccc(Br)cc1. The summed E-state index contributed by atoms with van der Waals surface area (Å²) < 4.78 is 3.21. The summed E-state index contributed by atoms with van der Waals surface area (Å²) in [5, 5.41) is 8.10. The van der Waals surface area contributed by atoms with Crippen LogP contribution in [0.25, 0.3) is 0 Å². The highest BCUT2D eigenvalue weighted by Gasteiger charge is 2.14. The van der Waals surface area contributed by atoms with Crippen molar-refractivity contribution in [2.75, 3.05) is 6.54 Å². The molecule has 0 saturated heterocycles. The minimum Gasteiger partial charge on any atom is -0.310 e. The van der Waals surface area contributed by atoms with Crippen molar-refractivity contribution >= 4 is 15.9 Å². The molecule has 2 rings (SSSR count). The van der Waals surface area contributed by atoms with Crippen molar-refractivity contribution in [1.82, 2.24) is 15.1 Å². The molecule has 1 heterocycles. The van der Waals surface area contributed by atoms with Gasteiger partial charge in [0.2, 0.25) is 0 Å². The quantitative estimate of drug-likeness (QED) is 0.868. The molecule has 1 N–H and O–H groups in total. The summed E-state index contributed by atoms with van der Waals surface area (Å²) in [5.74, 6) is 0. The van der Waals surface area contributed by atoms with Crippen LogP contribution >= 0.6 is 15.9 Å². The maximum absolute atomic E-state index is 4.53. The van der Waals surface area contributed by atoms with Crippen LogP contribution < -0.4 is 5.32 Å². The van der Waals surface area contributed by atoms with E-state index in [1.54, 1.807) is 0 Å². The monoisotopic (exact) mass is 335 g/mol. The minimum atomic E-state index is 0.328. The van der Waals surface area contributed by atoms with Crippen LogP contribution in [0.5, 0.6) is 0 Å². The number of benzene rings is 1. The van der Waals surface area contributed by atoms with Crippen molar-refractivity contribution in [3.63, 3.8) is 0 Å². The fraction of sp³-hybridized carbons (Fsp3) is 0.438. The Morgan fingerprint density at radius 3 is 2.55 bits per heavy atom. The molecule has 0 radical (unpaired) electrons. The van der Waals surface area contributed by atoms with Crippen LogP contribution in [0.15, 0.2) is 34.8 Å². The van der Waals surface area contributed by atoms with Crippen molar-refractivity contribution in [3.05, 3.63) is 51.8 Å². The Balaban J connectivity index is 2.22. The van der Waals surface area contributed by atoms with Gasteiger partial charge in [0.25, 0.3) is 0 Å². The van der Waals surface area contributed by atoms with Crippen molar-refractivity contribution in [1.29, 1.82) is 0 Å². The maximum atomic E-state index is 4.53. The number of nitrogens with zero attached hydrogens (tertiary/aromatic N) is 2. The van der Waals surface area contributed by atoms with Crippen LogP contribution in [0.4, 0.5) is 0 Å². The Hall–Kier alpha value is -1.13. The van der Waals surface area contributed by atoms with E-state index in [0.717, 1.165) is 29.7 Å². The van der Waals surface area contributed by atoms with E-state index in [-0.39, 0.29) is 0 Å². The molecule has 0 spiro atoms. The smallest absolute Gasteiger partial charge is 0.0596 e. The first-order valence-electron chi connectivity index (χ1n) is 7.16. The van der Waals surface area contributed by atoms with Crippen molar-refractivity contribution in [2.45, 2.75) is 39.8 Å². The predicted octanol–water partition coefficient (Wildman–Crippen LogP) is 3.87. The molecule has 0 aliphatic carbocycles. The summed E-state index contributed by atoms with van der Waals surface area (Å²) in [7, 11) is 0. The van der Waals surface area contributed by atoms with Crippen LogP contribution in [0.3, 0.4) is 0 Å². The van der Waals surface area contributed by atoms with E-state index < -0.39 is 0 Å². The van der Waals surface area contributed by atoms with Gasteiger partial charge in [-0.2, -0.15) is 5.10 Å². The molecule has 0 bridgehead atoms. The third-order valence-corrected chi connectivity index (χ3v) is 3.95. The highest BCUT2D eigenvalue weighted by Crippen LogP contribution is 2.21. The average molecular weight is 336 g/mol. The number of hydrogen-bond donors (Lipinski definition) is 1. The Morgan fingerprint density at radius 1 is 1.25 bits per heavy atom. The van der Waals surface area contributed by atoms with E-state index in [0.29, 0.717) is 6.04 Å². The number of aromatic nitrogens is 2. The molecule has 0 aliphatic rings. The standard InChI is InChI=1S/C16H22BrN3/c1-4-18-16(13-6-8-14(17)9-7-13)11-15-10-12(3)19-20(15)5-2/h6-10,16,18H,4-5,11H2,1-3H3. The second-order valence-electron chi connectivity index (χ2n) is 4.96. The van der Waals surface area contributed by atoms with Gasteiger partial charge in [0.05, 0.1) is 5.69 Å². The van der Waals surface area contributed by atoms with E-state index in [1.165, 1.54) is 11.3 Å². The highest BCUT2D eigenvalue weighted by molar-refractivity contribution is 9.10. The molecule has 0 aliphatic heterocycles. The number of hydrogen-bond acceptors (Lipinski definition) is 2. The summed E-state index contributed by atoms with van der Waals surface area (Å²) in [6.45, 7) is 8.21. The first-order chi connectivity index (χ1) is 9.63. The number of likely N-dealkylation sites (N-methyl/N-ethyl adjacent to an activating group) is 1. The number of nitrogens with one attached hydrogen (secondary N) is 1. The molecule has 2 aromatic rings. The van der Waals surface area contributed by atoms with Gasteiger partial charge in [0.15, 0.2) is 0 Å². The second-order valence-corrected chi connectivity index (χ2v) is 5.87. The Morgan fingerprint density at radius 2 is 1.95 bits per heavy atom. The number of halogens is 1. The number of rotatable bonds is 6. The van der Waals surface area contributed by atoms with Crippen molar-refractivity contribution in [2.24, 2.45) is 0 Å². The molecule has 1 aromatic carbocycles. The lowest BCUT2D eigenvalue weighted by atomic mass is 10.0. The predicted molar refractivity (Wildman–Crippen MR) is 86.9 cm³/mol. The van der Waals surface area contributed by atoms with Gasteiger partial charge >= 0.3 is 0 Å². The normalized spacial score (nSPS) is 12.6. The Bertz CT molecular complexity index is 545. The zero-order valence-corrected chi connectivity index (χ0v) is 13.9. The molecular weight excluding hydrogens is 314 g/mol. The summed E-state index contributed by atoms with van der Waals surface area (Å²) in [6, 6.07) is 11.1. The topological polar surface area (TPSA) is 29.9 Å². The lowest BCUT2D eigenvalue weighted by Gasteiger charge is -2.19. The molecule has 108 valence electrons. The molecule has 1 aromatic heterocycles. The Kier molecular flexibility index (Phi) is 5.38. The van der Waals surface area contributed by atoms with E-state index in [2.05, 4.69) is 82.1 Å². The van der Waals surface area contributed by atoms with E-state index >= 15 is 0 Å². The van der Waals surface area contributed by atoms with Gasteiger partial charge in [0.1, 0.15) is 0 Å². The molecule has 0 amide bonds. The average Bonchev–Trinajstić information content (AvgIpc) is 2.79. The summed E-state index contributed by atoms with van der Waals surface area (Å²) in [6.07, 6.45) is 0.962. The lowest BCUT2D eigenvalue weighted by molar-refractivity contribution is 0.516. The Labute approximate surface area is 129 Å². The zero-order chi connectivity index (χ0) is 14.5. The zero-order valence-electron chi connectivity index (χ0n) is 12.4. The van der Waals surface area contributed by atoms with Crippen LogP contribution in [0.1, 0.15) is 36.8 Å². The minimum absolute atomic E-state index is 0.328. The van der Waals surface area contributed by atoms with Crippen LogP contribution in [0.2, 0.25) is 0 Å². The van der Waals surface area contributed by atoms with Gasteiger partial charge in [-0.25, -0.2) is 0 Å². The molecule has 0 fully saturated rings. The van der Waals surface area contributed by atoms with Gasteiger partial charge in [-0.3, -0.25) is 4.68 Å². The first-order valence-corrected chi connectivity index (χ1v) is 7.95. The van der Waals surface area contributed by atoms with Gasteiger partial charge in [-0.1, -0.05) is 35.0 Å². The van der Waals surface area contributed by atoms with Gasteiger partial charge < -0.3 is 5.32 Å². The van der Waals surface area contributed by atoms with E-state index in [9.17, 15) is 0 Å². The molecular formula is C16H22BrN3. The first kappa shape index (κ1) is 15.3. The number of aryl methyl sites for hydroxylation is 2. The summed E-state index contributed by atoms with van der Waals surface area (Å²) >= 11 is 3.49. The van der Waals surface area contributed by atoms with Crippen molar-refractivity contribution in [3.8, 4) is 0 Å². The van der Waals surface area contributed by atoms with Crippen LogP contribution in [0, 0.1) is 6.92 Å². The molecule has 4 heteroatoms. The van der Waals surface area contributed by atoms with Crippen molar-refractivity contribution < 1.29 is 0 Å². The van der Waals surface area contributed by atoms with E-state index in [4.69, 9.17) is 0 Å². The molecule has 1 atom stereocenters. The van der Waals surface area contributed by atoms with E-state index in [1.807, 2.05) is 0 Å². The van der Waals surface area contributed by atoms with Crippen LogP contribution in [-0.4, -0.2) is 16.3 Å². The fourth-order valence-electron chi connectivity index (χ4n) is 2.50. The maximum Gasteiger partial charge on any atom is 0.0596 e. The lowest BCUT2D eigenvalue weighted by Crippen LogP contribution is -2.24. The molecule has 0 saturated carbocycles. The molecule has 3 nitrogen and oxygen atoms in total. The highest BCUT2D eigenvalue weighted by atomic mass is 79.9. The second kappa shape index (κ2) is 7.04. The molecule has 20 heavy (non-hydrogen) atoms. The largest absolute Gasteiger partial charge is 0.310 e. The van der Waals surface area contributed by atoms with Gasteiger partial charge in [-0.15, -0.1) is 0 Å². The summed E-state index contributed by atoms with van der Waals surface area (Å²) in [5.41, 5.74) is 3.70. The molecule has 1 unspecified atom stereocenters. The summed E-state index contributed by atoms with van der Waals surface area (Å²) in [4.78, 5) is 0. The van der Waals surface area contributed by atoms with Gasteiger partial charge in [-0.05, 0) is 44.2 Å². The van der Waals surface area contributed by atoms with Gasteiger partial charge in [0, 0.05) is 29.2 Å².